The fourth-order valence-electron chi connectivity index (χ4n) is 1.95. The molecule has 1 N–H and O–H groups in total. The van der Waals surface area contributed by atoms with Gasteiger partial charge in [-0.15, -0.1) is 12.4 Å². The van der Waals surface area contributed by atoms with Crippen LogP contribution in [-0.2, 0) is 9.84 Å². The van der Waals surface area contributed by atoms with Gasteiger partial charge in [-0.25, -0.2) is 13.4 Å². The van der Waals surface area contributed by atoms with Crippen molar-refractivity contribution in [2.24, 2.45) is 0 Å². The predicted octanol–water partition coefficient (Wildman–Crippen LogP) is 0.901. The van der Waals surface area contributed by atoms with Gasteiger partial charge in [0, 0.05) is 12.7 Å². The number of halogens is 1. The van der Waals surface area contributed by atoms with Gasteiger partial charge in [-0.05, 0) is 31.5 Å². The summed E-state index contributed by atoms with van der Waals surface area (Å²) in [6.45, 7) is 1.28. The summed E-state index contributed by atoms with van der Waals surface area (Å²) in [5.74, 6) is 0. The van der Waals surface area contributed by atoms with Crippen LogP contribution in [-0.4, -0.2) is 31.7 Å². The fourth-order valence-corrected chi connectivity index (χ4v) is 3.70. The second-order valence-corrected chi connectivity index (χ2v) is 6.12. The molecular formula is C11H14ClN3O2S. The number of rotatable bonds is 2. The zero-order valence-corrected chi connectivity index (χ0v) is 11.3. The quantitative estimate of drug-likeness (QED) is 0.874. The molecule has 0 radical (unpaired) electrons. The fraction of sp³-hybridized carbons (Fsp3) is 0.455. The van der Waals surface area contributed by atoms with Gasteiger partial charge in [-0.3, -0.25) is 0 Å². The summed E-state index contributed by atoms with van der Waals surface area (Å²) in [4.78, 5) is 3.86. The molecule has 1 saturated heterocycles. The second-order valence-electron chi connectivity index (χ2n) is 3.98. The van der Waals surface area contributed by atoms with Gasteiger partial charge in [0.1, 0.15) is 6.07 Å². The van der Waals surface area contributed by atoms with Crippen molar-refractivity contribution in [2.45, 2.75) is 23.1 Å². The molecule has 1 aromatic rings. The van der Waals surface area contributed by atoms with Gasteiger partial charge in [-0.2, -0.15) is 5.26 Å². The normalized spacial score (nSPS) is 19.6. The number of hydrogen-bond donors (Lipinski definition) is 1. The second kappa shape index (κ2) is 6.14. The predicted molar refractivity (Wildman–Crippen MR) is 69.3 cm³/mol. The van der Waals surface area contributed by atoms with Crippen molar-refractivity contribution >= 4 is 22.2 Å². The summed E-state index contributed by atoms with van der Waals surface area (Å²) < 4.78 is 24.6. The summed E-state index contributed by atoms with van der Waals surface area (Å²) in [5.41, 5.74) is 0.123. The molecular weight excluding hydrogens is 274 g/mol. The van der Waals surface area contributed by atoms with Gasteiger partial charge >= 0.3 is 0 Å². The SMILES string of the molecule is Cl.N#Cc1cccnc1S(=O)(=O)C1CCCNC1. The lowest BCUT2D eigenvalue weighted by molar-refractivity contribution is 0.495. The van der Waals surface area contributed by atoms with Crippen molar-refractivity contribution < 1.29 is 8.42 Å². The van der Waals surface area contributed by atoms with E-state index in [1.54, 1.807) is 6.07 Å². The van der Waals surface area contributed by atoms with E-state index >= 15 is 0 Å². The van der Waals surface area contributed by atoms with E-state index in [4.69, 9.17) is 5.26 Å². The average molecular weight is 288 g/mol. The van der Waals surface area contributed by atoms with E-state index < -0.39 is 15.1 Å². The van der Waals surface area contributed by atoms with Crippen LogP contribution in [0, 0.1) is 11.3 Å². The first-order valence-electron chi connectivity index (χ1n) is 5.46. The Labute approximate surface area is 113 Å². The van der Waals surface area contributed by atoms with Crippen molar-refractivity contribution in [1.29, 1.82) is 5.26 Å². The van der Waals surface area contributed by atoms with Gasteiger partial charge in [-0.1, -0.05) is 0 Å². The molecule has 0 bridgehead atoms. The van der Waals surface area contributed by atoms with Gasteiger partial charge in [0.05, 0.1) is 10.8 Å². The first kappa shape index (κ1) is 14.9. The van der Waals surface area contributed by atoms with Gasteiger partial charge in [0.2, 0.25) is 9.84 Å². The van der Waals surface area contributed by atoms with E-state index in [2.05, 4.69) is 10.3 Å². The minimum Gasteiger partial charge on any atom is -0.315 e. The van der Waals surface area contributed by atoms with Gasteiger partial charge in [0.25, 0.3) is 0 Å². The lowest BCUT2D eigenvalue weighted by Crippen LogP contribution is -2.39. The lowest BCUT2D eigenvalue weighted by Gasteiger charge is -2.22. The first-order chi connectivity index (χ1) is 8.16. The van der Waals surface area contributed by atoms with Crippen LogP contribution in [0.2, 0.25) is 0 Å². The molecule has 98 valence electrons. The summed E-state index contributed by atoms with van der Waals surface area (Å²) in [7, 11) is -3.50. The average Bonchev–Trinajstić information content (AvgIpc) is 2.39. The molecule has 2 heterocycles. The summed E-state index contributed by atoms with van der Waals surface area (Å²) in [5, 5.41) is 11.4. The number of nitriles is 1. The molecule has 0 saturated carbocycles. The Hall–Kier alpha value is -1.16. The van der Waals surface area contributed by atoms with Crippen molar-refractivity contribution in [1.82, 2.24) is 10.3 Å². The van der Waals surface area contributed by atoms with Crippen molar-refractivity contribution in [2.75, 3.05) is 13.1 Å². The minimum atomic E-state index is -3.50. The summed E-state index contributed by atoms with van der Waals surface area (Å²) in [6, 6.07) is 4.93. The maximum absolute atomic E-state index is 12.3. The van der Waals surface area contributed by atoms with Crippen molar-refractivity contribution in [3.05, 3.63) is 23.9 Å². The maximum atomic E-state index is 12.3. The van der Waals surface area contributed by atoms with Crippen LogP contribution in [0.25, 0.3) is 0 Å². The third-order valence-corrected chi connectivity index (χ3v) is 5.00. The highest BCUT2D eigenvalue weighted by atomic mass is 35.5. The highest BCUT2D eigenvalue weighted by Gasteiger charge is 2.31. The highest BCUT2D eigenvalue weighted by molar-refractivity contribution is 7.92. The largest absolute Gasteiger partial charge is 0.315 e. The molecule has 0 amide bonds. The van der Waals surface area contributed by atoms with Gasteiger partial charge < -0.3 is 5.32 Å². The van der Waals surface area contributed by atoms with E-state index in [0.717, 1.165) is 13.0 Å². The van der Waals surface area contributed by atoms with Crippen LogP contribution in [0.4, 0.5) is 0 Å². The molecule has 0 aromatic carbocycles. The topological polar surface area (TPSA) is 82.8 Å². The smallest absolute Gasteiger partial charge is 0.201 e. The molecule has 1 aliphatic rings. The zero-order chi connectivity index (χ0) is 12.3. The molecule has 2 rings (SSSR count). The van der Waals surface area contributed by atoms with Crippen LogP contribution in [0.15, 0.2) is 23.4 Å². The van der Waals surface area contributed by atoms with Crippen LogP contribution in [0.3, 0.4) is 0 Å². The van der Waals surface area contributed by atoms with Crippen molar-refractivity contribution in [3.63, 3.8) is 0 Å². The van der Waals surface area contributed by atoms with Crippen LogP contribution < -0.4 is 5.32 Å². The third kappa shape index (κ3) is 2.80. The van der Waals surface area contributed by atoms with Crippen molar-refractivity contribution in [3.8, 4) is 6.07 Å². The number of nitrogens with zero attached hydrogens (tertiary/aromatic N) is 2. The van der Waals surface area contributed by atoms with E-state index in [1.807, 2.05) is 6.07 Å². The van der Waals surface area contributed by atoms with E-state index in [0.29, 0.717) is 13.0 Å². The van der Waals surface area contributed by atoms with Crippen LogP contribution in [0.5, 0.6) is 0 Å². The highest BCUT2D eigenvalue weighted by Crippen LogP contribution is 2.21. The molecule has 1 fully saturated rings. The van der Waals surface area contributed by atoms with Crippen LogP contribution in [0.1, 0.15) is 18.4 Å². The van der Waals surface area contributed by atoms with Crippen LogP contribution >= 0.6 is 12.4 Å². The van der Waals surface area contributed by atoms with E-state index in [1.165, 1.54) is 12.3 Å². The van der Waals surface area contributed by atoms with Gasteiger partial charge in [0.15, 0.2) is 5.03 Å². The Bertz CT molecular complexity index is 548. The number of pyridine rings is 1. The monoisotopic (exact) mass is 287 g/mol. The Balaban J connectivity index is 0.00000162. The summed E-state index contributed by atoms with van der Waals surface area (Å²) >= 11 is 0. The molecule has 0 aliphatic carbocycles. The number of aromatic nitrogens is 1. The zero-order valence-electron chi connectivity index (χ0n) is 9.67. The number of hydrogen-bond acceptors (Lipinski definition) is 5. The molecule has 1 aliphatic heterocycles. The molecule has 18 heavy (non-hydrogen) atoms. The number of sulfone groups is 1. The van der Waals surface area contributed by atoms with E-state index in [-0.39, 0.29) is 23.0 Å². The number of nitrogens with one attached hydrogen (secondary N) is 1. The third-order valence-electron chi connectivity index (χ3n) is 2.85. The Morgan fingerprint density at radius 3 is 2.89 bits per heavy atom. The Morgan fingerprint density at radius 1 is 1.50 bits per heavy atom. The Morgan fingerprint density at radius 2 is 2.28 bits per heavy atom. The lowest BCUT2D eigenvalue weighted by atomic mass is 10.2. The Kier molecular flexibility index (Phi) is 5.08. The maximum Gasteiger partial charge on any atom is 0.201 e. The summed E-state index contributed by atoms with van der Waals surface area (Å²) in [6.07, 6.45) is 2.86. The molecule has 1 aromatic heterocycles. The molecule has 7 heteroatoms. The van der Waals surface area contributed by atoms with E-state index in [9.17, 15) is 8.42 Å². The first-order valence-corrected chi connectivity index (χ1v) is 7.00. The molecule has 5 nitrogen and oxygen atoms in total. The molecule has 1 atom stereocenters. The molecule has 0 spiro atoms. The number of piperidine rings is 1. The molecule has 1 unspecified atom stereocenters. The standard InChI is InChI=1S/C11H13N3O2S.ClH/c12-7-9-3-1-6-14-11(9)17(15,16)10-4-2-5-13-8-10;/h1,3,6,10,13H,2,4-5,8H2;1H. The minimum absolute atomic E-state index is 0.